The van der Waals surface area contributed by atoms with E-state index in [4.69, 9.17) is 0 Å². The molecule has 0 spiro atoms. The van der Waals surface area contributed by atoms with E-state index in [1.54, 1.807) is 0 Å². The van der Waals surface area contributed by atoms with E-state index in [0.29, 0.717) is 19.0 Å². The molecule has 6 heteroatoms. The molecule has 1 aliphatic heterocycles. The number of hydrogen-bond donors (Lipinski definition) is 1. The van der Waals surface area contributed by atoms with Crippen LogP contribution in [-0.2, 0) is 17.8 Å². The van der Waals surface area contributed by atoms with Gasteiger partial charge in [-0.3, -0.25) is 4.79 Å². The van der Waals surface area contributed by atoms with Crippen LogP contribution in [0.2, 0.25) is 0 Å². The van der Waals surface area contributed by atoms with E-state index in [9.17, 15) is 4.79 Å². The number of piperidine rings is 1. The number of hydrogen-bond acceptors (Lipinski definition) is 5. The fraction of sp³-hybridized carbons (Fsp3) is 0.370. The highest BCUT2D eigenvalue weighted by molar-refractivity contribution is 5.82. The van der Waals surface area contributed by atoms with E-state index >= 15 is 0 Å². The van der Waals surface area contributed by atoms with Crippen molar-refractivity contribution in [2.24, 2.45) is 0 Å². The molecule has 172 valence electrons. The first-order chi connectivity index (χ1) is 16.1. The van der Waals surface area contributed by atoms with Crippen molar-refractivity contribution in [1.29, 1.82) is 0 Å². The van der Waals surface area contributed by atoms with Crippen LogP contribution in [0.4, 0.5) is 0 Å². The van der Waals surface area contributed by atoms with Crippen LogP contribution >= 0.6 is 0 Å². The summed E-state index contributed by atoms with van der Waals surface area (Å²) in [6.45, 7) is 2.29. The minimum Gasteiger partial charge on any atom is -0.341 e. The van der Waals surface area contributed by atoms with Gasteiger partial charge in [-0.2, -0.15) is 0 Å². The fourth-order valence-corrected chi connectivity index (χ4v) is 4.42. The van der Waals surface area contributed by atoms with Crippen molar-refractivity contribution in [2.45, 2.75) is 37.9 Å². The Balaban J connectivity index is 1.42. The molecular weight excluding hydrogens is 410 g/mol. The Morgan fingerprint density at radius 2 is 1.64 bits per heavy atom. The largest absolute Gasteiger partial charge is 0.341 e. The second-order valence-electron chi connectivity index (χ2n) is 8.97. The number of carbonyl (C=O) groups excluding carboxylic acids is 1. The van der Waals surface area contributed by atoms with Crippen molar-refractivity contribution >= 4 is 5.91 Å². The molecule has 0 aliphatic carbocycles. The molecule has 1 aromatic heterocycles. The van der Waals surface area contributed by atoms with E-state index in [-0.39, 0.29) is 11.9 Å². The van der Waals surface area contributed by atoms with Gasteiger partial charge in [0.05, 0.1) is 6.04 Å². The Morgan fingerprint density at radius 1 is 0.970 bits per heavy atom. The van der Waals surface area contributed by atoms with Gasteiger partial charge in [-0.05, 0) is 50.0 Å². The maximum absolute atomic E-state index is 13.5. The Bertz CT molecular complexity index is 1000. The molecule has 1 N–H and O–H groups in total. The second-order valence-corrected chi connectivity index (χ2v) is 8.97. The van der Waals surface area contributed by atoms with Crippen LogP contribution in [0.25, 0.3) is 11.1 Å². The lowest BCUT2D eigenvalue weighted by Crippen LogP contribution is -2.52. The standard InChI is InChI=1S/C27H33N5O/c1-31(2)25-12-14-32(15-13-25)27(33)26(16-21-6-4-3-5-7-21)30-17-22-8-10-23(11-9-22)24-18-28-20-29-19-24/h3-11,18-20,25-26,30H,12-17H2,1-2H3/t26-/m0/s1. The van der Waals surface area contributed by atoms with Gasteiger partial charge >= 0.3 is 0 Å². The summed E-state index contributed by atoms with van der Waals surface area (Å²) >= 11 is 0. The van der Waals surface area contributed by atoms with Gasteiger partial charge in [-0.25, -0.2) is 9.97 Å². The zero-order valence-electron chi connectivity index (χ0n) is 19.5. The first-order valence-electron chi connectivity index (χ1n) is 11.7. The highest BCUT2D eigenvalue weighted by Crippen LogP contribution is 2.19. The summed E-state index contributed by atoms with van der Waals surface area (Å²) < 4.78 is 0. The molecule has 3 aromatic rings. The molecule has 0 bridgehead atoms. The molecule has 2 heterocycles. The Hall–Kier alpha value is -3.09. The van der Waals surface area contributed by atoms with Crippen LogP contribution in [0.15, 0.2) is 73.3 Å². The van der Waals surface area contributed by atoms with Crippen LogP contribution in [-0.4, -0.2) is 64.9 Å². The van der Waals surface area contributed by atoms with Gasteiger partial charge in [0, 0.05) is 43.6 Å². The lowest BCUT2D eigenvalue weighted by molar-refractivity contribution is -0.135. The third-order valence-corrected chi connectivity index (χ3v) is 6.49. The van der Waals surface area contributed by atoms with Gasteiger partial charge in [-0.15, -0.1) is 0 Å². The fourth-order valence-electron chi connectivity index (χ4n) is 4.42. The van der Waals surface area contributed by atoms with Crippen molar-refractivity contribution in [3.8, 4) is 11.1 Å². The van der Waals surface area contributed by atoms with E-state index in [1.807, 2.05) is 35.5 Å². The van der Waals surface area contributed by atoms with Gasteiger partial charge in [-0.1, -0.05) is 54.6 Å². The number of rotatable bonds is 8. The van der Waals surface area contributed by atoms with Crippen molar-refractivity contribution in [3.05, 3.63) is 84.4 Å². The third kappa shape index (κ3) is 6.24. The topological polar surface area (TPSA) is 61.4 Å². The lowest BCUT2D eigenvalue weighted by atomic mass is 10.0. The van der Waals surface area contributed by atoms with Crippen LogP contribution in [0.3, 0.4) is 0 Å². The Morgan fingerprint density at radius 3 is 2.27 bits per heavy atom. The number of likely N-dealkylation sites (tertiary alicyclic amines) is 1. The molecule has 0 saturated carbocycles. The maximum Gasteiger partial charge on any atom is 0.240 e. The molecule has 33 heavy (non-hydrogen) atoms. The maximum atomic E-state index is 13.5. The Labute approximate surface area is 196 Å². The molecule has 6 nitrogen and oxygen atoms in total. The molecule has 1 amide bonds. The number of benzene rings is 2. The number of amides is 1. The van der Waals surface area contributed by atoms with Gasteiger partial charge in [0.25, 0.3) is 0 Å². The molecule has 2 aromatic carbocycles. The van der Waals surface area contributed by atoms with Crippen LogP contribution in [0, 0.1) is 0 Å². The van der Waals surface area contributed by atoms with Crippen molar-refractivity contribution in [1.82, 2.24) is 25.1 Å². The van der Waals surface area contributed by atoms with Gasteiger partial charge in [0.1, 0.15) is 6.33 Å². The molecule has 1 saturated heterocycles. The zero-order valence-corrected chi connectivity index (χ0v) is 19.5. The lowest BCUT2D eigenvalue weighted by Gasteiger charge is -2.37. The molecular formula is C27H33N5O. The molecule has 0 radical (unpaired) electrons. The molecule has 0 unspecified atom stereocenters. The zero-order chi connectivity index (χ0) is 23.0. The number of aromatic nitrogens is 2. The SMILES string of the molecule is CN(C)C1CCN(C(=O)[C@H](Cc2ccccc2)NCc2ccc(-c3cncnc3)cc2)CC1. The number of nitrogens with zero attached hydrogens (tertiary/aromatic N) is 4. The van der Waals surface area contributed by atoms with E-state index < -0.39 is 0 Å². The predicted octanol–water partition coefficient (Wildman–Crippen LogP) is 3.40. The average Bonchev–Trinajstić information content (AvgIpc) is 2.87. The number of nitrogens with one attached hydrogen (secondary N) is 1. The minimum atomic E-state index is -0.245. The minimum absolute atomic E-state index is 0.203. The molecule has 1 atom stereocenters. The summed E-state index contributed by atoms with van der Waals surface area (Å²) in [5.41, 5.74) is 4.40. The normalized spacial score (nSPS) is 15.5. The first-order valence-corrected chi connectivity index (χ1v) is 11.7. The summed E-state index contributed by atoms with van der Waals surface area (Å²) in [7, 11) is 4.25. The molecule has 1 aliphatic rings. The van der Waals surface area contributed by atoms with Crippen molar-refractivity contribution in [3.63, 3.8) is 0 Å². The predicted molar refractivity (Wildman–Crippen MR) is 132 cm³/mol. The van der Waals surface area contributed by atoms with E-state index in [0.717, 1.165) is 42.6 Å². The quantitative estimate of drug-likeness (QED) is 0.578. The van der Waals surface area contributed by atoms with Crippen LogP contribution in [0.1, 0.15) is 24.0 Å². The van der Waals surface area contributed by atoms with Gasteiger partial charge < -0.3 is 15.1 Å². The summed E-state index contributed by atoms with van der Waals surface area (Å²) in [6.07, 6.45) is 7.91. The van der Waals surface area contributed by atoms with Crippen molar-refractivity contribution < 1.29 is 4.79 Å². The summed E-state index contributed by atoms with van der Waals surface area (Å²) in [5.74, 6) is 0.203. The highest BCUT2D eigenvalue weighted by Gasteiger charge is 2.28. The van der Waals surface area contributed by atoms with Crippen LogP contribution in [0.5, 0.6) is 0 Å². The second kappa shape index (κ2) is 11.2. The van der Waals surface area contributed by atoms with Crippen molar-refractivity contribution in [2.75, 3.05) is 27.2 Å². The summed E-state index contributed by atoms with van der Waals surface area (Å²) in [4.78, 5) is 26.0. The van der Waals surface area contributed by atoms with E-state index in [1.165, 1.54) is 11.9 Å². The van der Waals surface area contributed by atoms with Crippen LogP contribution < -0.4 is 5.32 Å². The summed E-state index contributed by atoms with van der Waals surface area (Å²) in [5, 5.41) is 3.55. The Kier molecular flexibility index (Phi) is 7.81. The monoisotopic (exact) mass is 443 g/mol. The summed E-state index contributed by atoms with van der Waals surface area (Å²) in [6, 6.07) is 18.9. The average molecular weight is 444 g/mol. The first kappa shape index (κ1) is 23.1. The third-order valence-electron chi connectivity index (χ3n) is 6.49. The van der Waals surface area contributed by atoms with E-state index in [2.05, 4.69) is 70.7 Å². The molecule has 4 rings (SSSR count). The van der Waals surface area contributed by atoms with Gasteiger partial charge in [0.15, 0.2) is 0 Å². The number of carbonyl (C=O) groups is 1. The highest BCUT2D eigenvalue weighted by atomic mass is 16.2. The van der Waals surface area contributed by atoms with Gasteiger partial charge in [0.2, 0.25) is 5.91 Å². The molecule has 1 fully saturated rings. The smallest absolute Gasteiger partial charge is 0.240 e.